The van der Waals surface area contributed by atoms with Crippen LogP contribution < -0.4 is 5.46 Å². The van der Waals surface area contributed by atoms with E-state index in [2.05, 4.69) is 0 Å². The van der Waals surface area contributed by atoms with Gasteiger partial charge in [0.15, 0.2) is 0 Å². The maximum Gasteiger partial charge on any atom is 0.496 e. The molecule has 0 aromatic heterocycles. The fraction of sp³-hybridized carbons (Fsp3) is 0.632. The second-order valence-corrected chi connectivity index (χ2v) is 8.47. The molecule has 2 aliphatic heterocycles. The van der Waals surface area contributed by atoms with Gasteiger partial charge in [-0.2, -0.15) is 0 Å². The van der Waals surface area contributed by atoms with Crippen LogP contribution in [0, 0.1) is 0 Å². The molecule has 1 aromatic rings. The van der Waals surface area contributed by atoms with E-state index < -0.39 is 18.3 Å². The van der Waals surface area contributed by atoms with E-state index in [0.717, 1.165) is 37.0 Å². The number of likely N-dealkylation sites (tertiary alicyclic amines) is 1. The average Bonchev–Trinajstić information content (AvgIpc) is 2.78. The molecule has 0 saturated carbocycles. The number of carbonyl (C=O) groups is 1. The van der Waals surface area contributed by atoms with Gasteiger partial charge in [-0.1, -0.05) is 23.7 Å². The van der Waals surface area contributed by atoms with Crippen molar-refractivity contribution in [3.63, 3.8) is 0 Å². The highest BCUT2D eigenvalue weighted by Crippen LogP contribution is 2.37. The lowest BCUT2D eigenvalue weighted by Crippen LogP contribution is -2.41. The number of halogens is 1. The number of carbonyl (C=O) groups excluding carboxylic acids is 1. The molecule has 2 saturated heterocycles. The molecule has 6 heteroatoms. The first-order valence-electron chi connectivity index (χ1n) is 9.11. The maximum absolute atomic E-state index is 12.5. The fourth-order valence-electron chi connectivity index (χ4n) is 3.28. The molecule has 0 N–H and O–H groups in total. The fourth-order valence-corrected chi connectivity index (χ4v) is 3.49. The standard InChI is InChI=1S/C19H27BClNO3/c1-18(2)19(3,4)25-20(24-18)15-12-14(8-9-16(15)21)13-17(23)22-10-6-5-7-11-22/h8-9,12H,5-7,10-11,13H2,1-4H3. The van der Waals surface area contributed by atoms with Gasteiger partial charge in [0, 0.05) is 23.6 Å². The SMILES string of the molecule is CC1(C)OB(c2cc(CC(=O)N3CCCCC3)ccc2Cl)OC1(C)C. The number of piperidine rings is 1. The van der Waals surface area contributed by atoms with E-state index >= 15 is 0 Å². The summed E-state index contributed by atoms with van der Waals surface area (Å²) in [6.07, 6.45) is 3.82. The lowest BCUT2D eigenvalue weighted by Gasteiger charge is -2.32. The second kappa shape index (κ2) is 6.94. The van der Waals surface area contributed by atoms with Gasteiger partial charge in [-0.05, 0) is 58.6 Å². The number of hydrogen-bond acceptors (Lipinski definition) is 3. The first kappa shape index (κ1) is 18.7. The van der Waals surface area contributed by atoms with Gasteiger partial charge >= 0.3 is 7.12 Å². The minimum Gasteiger partial charge on any atom is -0.399 e. The lowest BCUT2D eigenvalue weighted by atomic mass is 9.78. The van der Waals surface area contributed by atoms with Crippen molar-refractivity contribution in [3.05, 3.63) is 28.8 Å². The Balaban J connectivity index is 1.76. The van der Waals surface area contributed by atoms with Gasteiger partial charge in [-0.25, -0.2) is 0 Å². The minimum atomic E-state index is -0.512. The zero-order valence-electron chi connectivity index (χ0n) is 15.6. The average molecular weight is 364 g/mol. The molecule has 0 unspecified atom stereocenters. The Morgan fingerprint density at radius 3 is 2.32 bits per heavy atom. The maximum atomic E-state index is 12.5. The molecule has 4 nitrogen and oxygen atoms in total. The first-order valence-corrected chi connectivity index (χ1v) is 9.49. The van der Waals surface area contributed by atoms with E-state index in [9.17, 15) is 4.79 Å². The Morgan fingerprint density at radius 1 is 1.12 bits per heavy atom. The normalized spacial score (nSPS) is 22.3. The van der Waals surface area contributed by atoms with E-state index in [0.29, 0.717) is 11.4 Å². The molecule has 0 radical (unpaired) electrons. The highest BCUT2D eigenvalue weighted by molar-refractivity contribution is 6.65. The van der Waals surface area contributed by atoms with Gasteiger partial charge in [0.2, 0.25) is 5.91 Å². The monoisotopic (exact) mass is 363 g/mol. The molecule has 3 rings (SSSR count). The van der Waals surface area contributed by atoms with Crippen molar-refractivity contribution in [1.82, 2.24) is 4.90 Å². The van der Waals surface area contributed by atoms with E-state index in [-0.39, 0.29) is 5.91 Å². The lowest BCUT2D eigenvalue weighted by molar-refractivity contribution is -0.131. The molecule has 0 aliphatic carbocycles. The third-order valence-electron chi connectivity index (χ3n) is 5.63. The summed E-state index contributed by atoms with van der Waals surface area (Å²) in [7, 11) is -0.512. The van der Waals surface area contributed by atoms with E-state index in [1.807, 2.05) is 50.8 Å². The van der Waals surface area contributed by atoms with Crippen LogP contribution in [-0.2, 0) is 20.5 Å². The van der Waals surface area contributed by atoms with Crippen molar-refractivity contribution in [1.29, 1.82) is 0 Å². The molecule has 0 atom stereocenters. The van der Waals surface area contributed by atoms with Crippen molar-refractivity contribution in [2.45, 2.75) is 64.6 Å². The van der Waals surface area contributed by atoms with E-state index in [1.54, 1.807) is 0 Å². The van der Waals surface area contributed by atoms with Crippen molar-refractivity contribution >= 4 is 30.1 Å². The Bertz CT molecular complexity index is 640. The Labute approximate surface area is 156 Å². The largest absolute Gasteiger partial charge is 0.496 e. The number of benzene rings is 1. The van der Waals surface area contributed by atoms with Gasteiger partial charge in [0.1, 0.15) is 0 Å². The number of amides is 1. The van der Waals surface area contributed by atoms with Crippen LogP contribution >= 0.6 is 11.6 Å². The molecular formula is C19H27BClNO3. The smallest absolute Gasteiger partial charge is 0.399 e. The number of nitrogens with zero attached hydrogens (tertiary/aromatic N) is 1. The zero-order valence-corrected chi connectivity index (χ0v) is 16.4. The summed E-state index contributed by atoms with van der Waals surface area (Å²) in [6, 6.07) is 5.70. The molecule has 0 bridgehead atoms. The number of rotatable bonds is 3. The van der Waals surface area contributed by atoms with Gasteiger partial charge in [0.25, 0.3) is 0 Å². The first-order chi connectivity index (χ1) is 11.7. The van der Waals surface area contributed by atoms with Crippen molar-refractivity contribution in [2.75, 3.05) is 13.1 Å². The van der Waals surface area contributed by atoms with E-state index in [1.165, 1.54) is 6.42 Å². The molecular weight excluding hydrogens is 336 g/mol. The summed E-state index contributed by atoms with van der Waals surface area (Å²) in [5, 5.41) is 0.604. The predicted octanol–water partition coefficient (Wildman–Crippen LogP) is 3.19. The summed E-state index contributed by atoms with van der Waals surface area (Å²) >= 11 is 6.39. The van der Waals surface area contributed by atoms with Crippen molar-refractivity contribution in [2.24, 2.45) is 0 Å². The molecule has 2 heterocycles. The highest BCUT2D eigenvalue weighted by atomic mass is 35.5. The van der Waals surface area contributed by atoms with Gasteiger partial charge in [-0.15, -0.1) is 0 Å². The van der Waals surface area contributed by atoms with Crippen molar-refractivity contribution in [3.8, 4) is 0 Å². The number of hydrogen-bond donors (Lipinski definition) is 0. The van der Waals surface area contributed by atoms with Crippen LogP contribution in [0.4, 0.5) is 0 Å². The topological polar surface area (TPSA) is 38.8 Å². The van der Waals surface area contributed by atoms with Crippen LogP contribution in [0.25, 0.3) is 0 Å². The van der Waals surface area contributed by atoms with Crippen LogP contribution in [0.15, 0.2) is 18.2 Å². The summed E-state index contributed by atoms with van der Waals surface area (Å²) in [6.45, 7) is 9.82. The second-order valence-electron chi connectivity index (χ2n) is 8.06. The minimum absolute atomic E-state index is 0.182. The van der Waals surface area contributed by atoms with Crippen LogP contribution in [-0.4, -0.2) is 42.2 Å². The predicted molar refractivity (Wildman–Crippen MR) is 101 cm³/mol. The molecule has 2 fully saturated rings. The Hall–Kier alpha value is -1.04. The Morgan fingerprint density at radius 2 is 1.72 bits per heavy atom. The summed E-state index contributed by atoms with van der Waals surface area (Å²) in [5.41, 5.74) is 0.912. The molecule has 1 aromatic carbocycles. The van der Waals surface area contributed by atoms with Gasteiger partial charge in [0.05, 0.1) is 17.6 Å². The highest BCUT2D eigenvalue weighted by Gasteiger charge is 2.52. The molecule has 2 aliphatic rings. The zero-order chi connectivity index (χ0) is 18.2. The molecule has 0 spiro atoms. The van der Waals surface area contributed by atoms with Gasteiger partial charge < -0.3 is 14.2 Å². The van der Waals surface area contributed by atoms with Gasteiger partial charge in [-0.3, -0.25) is 4.79 Å². The third kappa shape index (κ3) is 3.89. The molecule has 1 amide bonds. The van der Waals surface area contributed by atoms with Crippen LogP contribution in [0.1, 0.15) is 52.5 Å². The summed E-state index contributed by atoms with van der Waals surface area (Å²) in [4.78, 5) is 14.5. The van der Waals surface area contributed by atoms with Crippen LogP contribution in [0.2, 0.25) is 5.02 Å². The summed E-state index contributed by atoms with van der Waals surface area (Å²) in [5.74, 6) is 0.182. The third-order valence-corrected chi connectivity index (χ3v) is 5.98. The van der Waals surface area contributed by atoms with Crippen LogP contribution in [0.3, 0.4) is 0 Å². The van der Waals surface area contributed by atoms with E-state index in [4.69, 9.17) is 20.9 Å². The molecule has 25 heavy (non-hydrogen) atoms. The Kier molecular flexibility index (Phi) is 5.20. The quantitative estimate of drug-likeness (QED) is 0.774. The molecule has 136 valence electrons. The van der Waals surface area contributed by atoms with Crippen molar-refractivity contribution < 1.29 is 14.1 Å². The van der Waals surface area contributed by atoms with Crippen LogP contribution in [0.5, 0.6) is 0 Å². The summed E-state index contributed by atoms with van der Waals surface area (Å²) < 4.78 is 12.2.